The first-order valence-electron chi connectivity index (χ1n) is 4.77. The number of aliphatic carboxylic acids is 1. The van der Waals surface area contributed by atoms with Gasteiger partial charge in [0, 0.05) is 17.2 Å². The summed E-state index contributed by atoms with van der Waals surface area (Å²) in [5.74, 6) is -1.86. The van der Waals surface area contributed by atoms with Crippen LogP contribution in [0.4, 0.5) is 5.69 Å². The molecule has 0 unspecified atom stereocenters. The maximum Gasteiger partial charge on any atom is 0.311 e. The van der Waals surface area contributed by atoms with Crippen LogP contribution in [0.2, 0.25) is 5.02 Å². The Labute approximate surface area is 107 Å². The monoisotopic (exact) mass is 269 g/mol. The maximum atomic E-state index is 11.1. The molecule has 1 aromatic rings. The molecule has 0 heterocycles. The van der Waals surface area contributed by atoms with Gasteiger partial charge in [0.1, 0.15) is 6.42 Å². The standard InChI is InChI=1S/C11H8ClNO5/c12-10-4-2-8(13(17)18)5-7(10)1-3-9(14)6-11(15)16/h1-5H,6H2,(H,15,16)/b3-1+. The second-order valence-electron chi connectivity index (χ2n) is 3.33. The number of benzene rings is 1. The summed E-state index contributed by atoms with van der Waals surface area (Å²) in [6.45, 7) is 0. The summed E-state index contributed by atoms with van der Waals surface area (Å²) < 4.78 is 0. The van der Waals surface area contributed by atoms with E-state index in [0.717, 1.165) is 6.08 Å². The Morgan fingerprint density at radius 1 is 1.44 bits per heavy atom. The predicted molar refractivity (Wildman–Crippen MR) is 64.4 cm³/mol. The highest BCUT2D eigenvalue weighted by molar-refractivity contribution is 6.32. The van der Waals surface area contributed by atoms with Crippen molar-refractivity contribution in [3.63, 3.8) is 0 Å². The van der Waals surface area contributed by atoms with Gasteiger partial charge in [0.15, 0.2) is 5.78 Å². The van der Waals surface area contributed by atoms with Gasteiger partial charge in [-0.25, -0.2) is 0 Å². The van der Waals surface area contributed by atoms with Gasteiger partial charge in [-0.3, -0.25) is 19.7 Å². The highest BCUT2D eigenvalue weighted by Crippen LogP contribution is 2.23. The van der Waals surface area contributed by atoms with Gasteiger partial charge in [-0.05, 0) is 23.8 Å². The fourth-order valence-electron chi connectivity index (χ4n) is 1.16. The second-order valence-corrected chi connectivity index (χ2v) is 3.74. The Bertz CT molecular complexity index is 538. The number of nitro benzene ring substituents is 1. The van der Waals surface area contributed by atoms with E-state index < -0.39 is 23.1 Å². The number of carboxylic acid groups (broad SMARTS) is 1. The fourth-order valence-corrected chi connectivity index (χ4v) is 1.34. The van der Waals surface area contributed by atoms with Crippen molar-refractivity contribution in [2.75, 3.05) is 0 Å². The van der Waals surface area contributed by atoms with Crippen LogP contribution in [0.5, 0.6) is 0 Å². The predicted octanol–water partition coefficient (Wildman–Crippen LogP) is 2.31. The Morgan fingerprint density at radius 3 is 2.67 bits per heavy atom. The van der Waals surface area contributed by atoms with Crippen molar-refractivity contribution in [3.8, 4) is 0 Å². The molecule has 18 heavy (non-hydrogen) atoms. The zero-order valence-electron chi connectivity index (χ0n) is 9.00. The lowest BCUT2D eigenvalue weighted by atomic mass is 10.1. The molecule has 1 N–H and O–H groups in total. The molecule has 0 spiro atoms. The van der Waals surface area contributed by atoms with Crippen LogP contribution in [-0.4, -0.2) is 21.8 Å². The van der Waals surface area contributed by atoms with Gasteiger partial charge in [0.25, 0.3) is 5.69 Å². The van der Waals surface area contributed by atoms with Gasteiger partial charge in [-0.1, -0.05) is 11.6 Å². The van der Waals surface area contributed by atoms with Crippen LogP contribution < -0.4 is 0 Å². The van der Waals surface area contributed by atoms with Gasteiger partial charge in [-0.15, -0.1) is 0 Å². The number of allylic oxidation sites excluding steroid dienone is 1. The van der Waals surface area contributed by atoms with Gasteiger partial charge in [-0.2, -0.15) is 0 Å². The minimum Gasteiger partial charge on any atom is -0.481 e. The lowest BCUT2D eigenvalue weighted by molar-refractivity contribution is -0.384. The van der Waals surface area contributed by atoms with E-state index in [1.165, 1.54) is 24.3 Å². The number of carbonyl (C=O) groups excluding carboxylic acids is 1. The molecule has 1 aromatic carbocycles. The molecule has 7 heteroatoms. The molecule has 0 amide bonds. The summed E-state index contributed by atoms with van der Waals surface area (Å²) in [6.07, 6.45) is 1.64. The molecule has 0 bridgehead atoms. The smallest absolute Gasteiger partial charge is 0.311 e. The number of hydrogen-bond acceptors (Lipinski definition) is 4. The first-order valence-corrected chi connectivity index (χ1v) is 5.14. The minimum atomic E-state index is -1.24. The summed E-state index contributed by atoms with van der Waals surface area (Å²) in [5.41, 5.74) is 0.120. The van der Waals surface area contributed by atoms with Crippen molar-refractivity contribution in [2.45, 2.75) is 6.42 Å². The largest absolute Gasteiger partial charge is 0.481 e. The Balaban J connectivity index is 2.93. The summed E-state index contributed by atoms with van der Waals surface area (Å²) in [4.78, 5) is 31.3. The van der Waals surface area contributed by atoms with Crippen LogP contribution in [0.3, 0.4) is 0 Å². The molecular formula is C11H8ClNO5. The molecule has 6 nitrogen and oxygen atoms in total. The summed E-state index contributed by atoms with van der Waals surface area (Å²) in [7, 11) is 0. The fraction of sp³-hybridized carbons (Fsp3) is 0.0909. The van der Waals surface area contributed by atoms with E-state index in [2.05, 4.69) is 0 Å². The summed E-state index contributed by atoms with van der Waals surface area (Å²) in [6, 6.07) is 3.77. The molecule has 0 aliphatic heterocycles. The Morgan fingerprint density at radius 2 is 2.11 bits per heavy atom. The molecule has 0 atom stereocenters. The molecule has 0 aromatic heterocycles. The van der Waals surface area contributed by atoms with Gasteiger partial charge in [0.2, 0.25) is 0 Å². The van der Waals surface area contributed by atoms with E-state index in [4.69, 9.17) is 16.7 Å². The van der Waals surface area contributed by atoms with Gasteiger partial charge < -0.3 is 5.11 Å². The molecule has 0 saturated carbocycles. The number of rotatable bonds is 5. The third-order valence-corrected chi connectivity index (χ3v) is 2.31. The SMILES string of the molecule is O=C(O)CC(=O)/C=C/c1cc([N+](=O)[O-])ccc1Cl. The lowest BCUT2D eigenvalue weighted by Gasteiger charge is -1.98. The highest BCUT2D eigenvalue weighted by atomic mass is 35.5. The number of ketones is 1. The summed E-state index contributed by atoms with van der Waals surface area (Å²) in [5, 5.41) is 19.2. The number of carbonyl (C=O) groups is 2. The second kappa shape index (κ2) is 5.92. The van der Waals surface area contributed by atoms with Crippen molar-refractivity contribution in [1.82, 2.24) is 0 Å². The van der Waals surface area contributed by atoms with E-state index in [-0.39, 0.29) is 16.3 Å². The number of hydrogen-bond donors (Lipinski definition) is 1. The Kier molecular flexibility index (Phi) is 4.56. The number of nitrogens with zero attached hydrogens (tertiary/aromatic N) is 1. The van der Waals surface area contributed by atoms with E-state index >= 15 is 0 Å². The van der Waals surface area contributed by atoms with Crippen LogP contribution in [0.15, 0.2) is 24.3 Å². The maximum absolute atomic E-state index is 11.1. The van der Waals surface area contributed by atoms with Crippen LogP contribution in [0, 0.1) is 10.1 Å². The van der Waals surface area contributed by atoms with Crippen molar-refractivity contribution in [2.24, 2.45) is 0 Å². The topological polar surface area (TPSA) is 97.5 Å². The highest BCUT2D eigenvalue weighted by Gasteiger charge is 2.09. The third-order valence-electron chi connectivity index (χ3n) is 1.96. The van der Waals surface area contributed by atoms with Crippen molar-refractivity contribution in [3.05, 3.63) is 45.0 Å². The summed E-state index contributed by atoms with van der Waals surface area (Å²) >= 11 is 5.79. The molecule has 1 rings (SSSR count). The van der Waals surface area contributed by atoms with E-state index in [1.54, 1.807) is 0 Å². The van der Waals surface area contributed by atoms with Gasteiger partial charge >= 0.3 is 5.97 Å². The zero-order chi connectivity index (χ0) is 13.7. The molecule has 0 radical (unpaired) electrons. The molecule has 0 aliphatic rings. The first-order chi connectivity index (χ1) is 8.40. The average molecular weight is 270 g/mol. The number of nitro groups is 1. The molecule has 0 aliphatic carbocycles. The molecule has 94 valence electrons. The van der Waals surface area contributed by atoms with Crippen LogP contribution in [-0.2, 0) is 9.59 Å². The van der Waals surface area contributed by atoms with Crippen LogP contribution in [0.1, 0.15) is 12.0 Å². The first kappa shape index (κ1) is 13.9. The van der Waals surface area contributed by atoms with Crippen molar-refractivity contribution in [1.29, 1.82) is 0 Å². The molecule has 0 fully saturated rings. The van der Waals surface area contributed by atoms with Crippen LogP contribution in [0.25, 0.3) is 6.08 Å². The quantitative estimate of drug-likeness (QED) is 0.383. The van der Waals surface area contributed by atoms with Crippen LogP contribution >= 0.6 is 11.6 Å². The number of carboxylic acids is 1. The normalized spacial score (nSPS) is 10.5. The van der Waals surface area contributed by atoms with E-state index in [1.807, 2.05) is 0 Å². The lowest BCUT2D eigenvalue weighted by Crippen LogP contribution is -2.02. The third kappa shape index (κ3) is 3.99. The van der Waals surface area contributed by atoms with Crippen molar-refractivity contribution >= 4 is 35.1 Å². The number of non-ortho nitro benzene ring substituents is 1. The van der Waals surface area contributed by atoms with Gasteiger partial charge in [0.05, 0.1) is 4.92 Å². The van der Waals surface area contributed by atoms with E-state index in [0.29, 0.717) is 0 Å². The Hall–Kier alpha value is -2.21. The zero-order valence-corrected chi connectivity index (χ0v) is 9.76. The average Bonchev–Trinajstić information content (AvgIpc) is 2.26. The minimum absolute atomic E-state index is 0.162. The van der Waals surface area contributed by atoms with E-state index in [9.17, 15) is 19.7 Å². The van der Waals surface area contributed by atoms with Crippen molar-refractivity contribution < 1.29 is 19.6 Å². The number of halogens is 1. The molecule has 0 saturated heterocycles. The molecular weight excluding hydrogens is 262 g/mol.